The number of allylic oxidation sites excluding steroid dienone is 3. The normalized spacial score (nSPS) is 14.6. The molecule has 0 radical (unpaired) electrons. The van der Waals surface area contributed by atoms with E-state index in [4.69, 9.17) is 0 Å². The molecule has 0 spiro atoms. The molecule has 2 heteroatoms. The topological polar surface area (TPSA) is 17.0 Å². The minimum Gasteiger partial charge on any atom is -0.355 e. The first-order valence-corrected chi connectivity index (χ1v) is 14.6. The third kappa shape index (κ3) is 3.51. The molecule has 0 atom stereocenters. The Morgan fingerprint density at radius 2 is 1.40 bits per heavy atom. The lowest BCUT2D eigenvalue weighted by Crippen LogP contribution is -2.15. The second kappa shape index (κ2) is 8.96. The summed E-state index contributed by atoms with van der Waals surface area (Å²) >= 11 is 0. The van der Waals surface area contributed by atoms with Crippen LogP contribution in [0.25, 0.3) is 61.9 Å². The van der Waals surface area contributed by atoms with E-state index in [9.17, 15) is 0 Å². The molecule has 0 saturated heterocycles. The van der Waals surface area contributed by atoms with Gasteiger partial charge in [-0.15, -0.1) is 0 Å². The van der Waals surface area contributed by atoms with E-state index in [1.54, 1.807) is 0 Å². The van der Waals surface area contributed by atoms with Crippen molar-refractivity contribution in [2.75, 3.05) is 5.32 Å². The van der Waals surface area contributed by atoms with E-state index in [1.807, 2.05) is 6.08 Å². The predicted molar refractivity (Wildman–Crippen MR) is 181 cm³/mol. The van der Waals surface area contributed by atoms with Gasteiger partial charge in [0, 0.05) is 33.3 Å². The molecule has 0 saturated carbocycles. The van der Waals surface area contributed by atoms with Gasteiger partial charge in [0.2, 0.25) is 0 Å². The van der Waals surface area contributed by atoms with Crippen LogP contribution in [0.4, 0.5) is 11.4 Å². The van der Waals surface area contributed by atoms with Gasteiger partial charge >= 0.3 is 0 Å². The van der Waals surface area contributed by atoms with E-state index in [-0.39, 0.29) is 5.41 Å². The number of nitrogens with zero attached hydrogens (tertiary/aromatic N) is 1. The minimum absolute atomic E-state index is 0.0110. The second-order valence-electron chi connectivity index (χ2n) is 12.0. The molecule has 0 bridgehead atoms. The summed E-state index contributed by atoms with van der Waals surface area (Å²) in [6.45, 7) is 10.7. The Balaban J connectivity index is 1.21. The molecule has 0 amide bonds. The molecule has 42 heavy (non-hydrogen) atoms. The molecule has 8 rings (SSSR count). The number of nitrogens with one attached hydrogen (secondary N) is 1. The number of benzene rings is 5. The molecule has 0 fully saturated rings. The molecule has 1 aliphatic carbocycles. The summed E-state index contributed by atoms with van der Waals surface area (Å²) < 4.78 is 2.33. The second-order valence-corrected chi connectivity index (χ2v) is 12.0. The molecule has 1 aromatic heterocycles. The number of anilines is 2. The van der Waals surface area contributed by atoms with E-state index in [0.29, 0.717) is 0 Å². The lowest BCUT2D eigenvalue weighted by molar-refractivity contribution is 0.660. The minimum atomic E-state index is -0.0110. The largest absolute Gasteiger partial charge is 0.355 e. The van der Waals surface area contributed by atoms with E-state index in [1.165, 1.54) is 66.3 Å². The molecule has 6 aromatic rings. The molecule has 2 heterocycles. The highest BCUT2D eigenvalue weighted by atomic mass is 15.0. The van der Waals surface area contributed by atoms with Crippen LogP contribution in [0.3, 0.4) is 0 Å². The Bertz CT molecular complexity index is 2170. The third-order valence-corrected chi connectivity index (χ3v) is 9.23. The van der Waals surface area contributed by atoms with E-state index < -0.39 is 0 Å². The first-order valence-electron chi connectivity index (χ1n) is 14.6. The summed E-state index contributed by atoms with van der Waals surface area (Å²) in [5.41, 5.74) is 16.2. The molecular weight excluding hydrogens is 508 g/mol. The van der Waals surface area contributed by atoms with Gasteiger partial charge in [-0.1, -0.05) is 93.3 Å². The Labute approximate surface area is 247 Å². The van der Waals surface area contributed by atoms with Crippen molar-refractivity contribution in [2.45, 2.75) is 26.2 Å². The fourth-order valence-corrected chi connectivity index (χ4v) is 7.11. The quantitative estimate of drug-likeness (QED) is 0.221. The van der Waals surface area contributed by atoms with Crippen molar-refractivity contribution in [3.63, 3.8) is 0 Å². The number of aromatic nitrogens is 1. The highest BCUT2D eigenvalue weighted by Gasteiger charge is 2.36. The molecule has 2 aliphatic rings. The van der Waals surface area contributed by atoms with Crippen LogP contribution in [0, 0.1) is 0 Å². The standard InChI is InChI=1S/C40H32N2/c1-5-10-25(2)42-38-14-9-7-12-31(38)33-22-27(18-20-39(33)42)26-17-19-36-28(21-26)15-16-29-23-35-32(24-37(29)41-36)30-11-6-8-13-34(30)40(35,3)4/h5-24,41H,1H2,2-4H3. The molecule has 202 valence electrons. The van der Waals surface area contributed by atoms with Crippen LogP contribution in [-0.4, -0.2) is 4.57 Å². The van der Waals surface area contributed by atoms with Crippen molar-refractivity contribution in [3.8, 4) is 22.3 Å². The molecule has 5 aromatic carbocycles. The summed E-state index contributed by atoms with van der Waals surface area (Å²) in [4.78, 5) is 0. The molecular formula is C40H32N2. The Morgan fingerprint density at radius 3 is 2.26 bits per heavy atom. The van der Waals surface area contributed by atoms with Crippen LogP contribution >= 0.6 is 0 Å². The van der Waals surface area contributed by atoms with Gasteiger partial charge in [-0.2, -0.15) is 0 Å². The first-order chi connectivity index (χ1) is 20.4. The van der Waals surface area contributed by atoms with Gasteiger partial charge in [0.15, 0.2) is 0 Å². The maximum absolute atomic E-state index is 3.91. The summed E-state index contributed by atoms with van der Waals surface area (Å²) in [5, 5.41) is 6.29. The number of fused-ring (bicyclic) bond motifs is 8. The fourth-order valence-electron chi connectivity index (χ4n) is 7.11. The van der Waals surface area contributed by atoms with Crippen molar-refractivity contribution in [3.05, 3.63) is 138 Å². The van der Waals surface area contributed by atoms with Crippen molar-refractivity contribution in [1.82, 2.24) is 4.57 Å². The van der Waals surface area contributed by atoms with Gasteiger partial charge in [0.05, 0.1) is 11.0 Å². The predicted octanol–water partition coefficient (Wildman–Crippen LogP) is 11.0. The van der Waals surface area contributed by atoms with Crippen molar-refractivity contribution in [2.24, 2.45) is 0 Å². The SMILES string of the molecule is C=CC=C(C)n1c2ccccc2c2cc(-c3ccc4c(c3)C=Cc3cc5c(cc3N4)-c3ccccc3C5(C)C)ccc21. The van der Waals surface area contributed by atoms with Crippen LogP contribution in [0.15, 0.2) is 116 Å². The average Bonchev–Trinajstić information content (AvgIpc) is 3.36. The molecule has 1 N–H and O–H groups in total. The summed E-state index contributed by atoms with van der Waals surface area (Å²) in [5.74, 6) is 0. The monoisotopic (exact) mass is 540 g/mol. The highest BCUT2D eigenvalue weighted by Crippen LogP contribution is 2.51. The molecule has 2 nitrogen and oxygen atoms in total. The maximum Gasteiger partial charge on any atom is 0.0538 e. The Morgan fingerprint density at radius 1 is 0.690 bits per heavy atom. The zero-order valence-electron chi connectivity index (χ0n) is 24.2. The highest BCUT2D eigenvalue weighted by molar-refractivity contribution is 6.11. The number of rotatable bonds is 3. The summed E-state index contributed by atoms with van der Waals surface area (Å²) in [7, 11) is 0. The summed E-state index contributed by atoms with van der Waals surface area (Å²) in [6.07, 6.45) is 8.45. The van der Waals surface area contributed by atoms with E-state index in [2.05, 4.69) is 153 Å². The average molecular weight is 541 g/mol. The van der Waals surface area contributed by atoms with Gasteiger partial charge in [0.25, 0.3) is 0 Å². The van der Waals surface area contributed by atoms with Gasteiger partial charge in [0.1, 0.15) is 0 Å². The molecule has 0 unspecified atom stereocenters. The number of hydrogen-bond acceptors (Lipinski definition) is 1. The lowest BCUT2D eigenvalue weighted by atomic mass is 9.82. The van der Waals surface area contributed by atoms with Crippen LogP contribution in [0.1, 0.15) is 43.0 Å². The van der Waals surface area contributed by atoms with Crippen LogP contribution in [-0.2, 0) is 5.41 Å². The van der Waals surface area contributed by atoms with E-state index in [0.717, 1.165) is 17.1 Å². The van der Waals surface area contributed by atoms with Crippen LogP contribution in [0.2, 0.25) is 0 Å². The van der Waals surface area contributed by atoms with Crippen molar-refractivity contribution < 1.29 is 0 Å². The van der Waals surface area contributed by atoms with Crippen LogP contribution < -0.4 is 5.32 Å². The van der Waals surface area contributed by atoms with Gasteiger partial charge in [-0.3, -0.25) is 0 Å². The fraction of sp³-hybridized carbons (Fsp3) is 0.100. The van der Waals surface area contributed by atoms with Crippen LogP contribution in [0.5, 0.6) is 0 Å². The van der Waals surface area contributed by atoms with E-state index >= 15 is 0 Å². The Hall–Kier alpha value is -5.08. The Kier molecular flexibility index (Phi) is 5.27. The lowest BCUT2D eigenvalue weighted by Gasteiger charge is -2.22. The first kappa shape index (κ1) is 24.7. The molecule has 1 aliphatic heterocycles. The van der Waals surface area contributed by atoms with Gasteiger partial charge < -0.3 is 9.88 Å². The third-order valence-electron chi connectivity index (χ3n) is 9.23. The number of para-hydroxylation sites is 1. The van der Waals surface area contributed by atoms with Gasteiger partial charge in [-0.05, 0) is 100.0 Å². The zero-order chi connectivity index (χ0) is 28.6. The van der Waals surface area contributed by atoms with Crippen molar-refractivity contribution >= 4 is 51.0 Å². The maximum atomic E-state index is 3.91. The summed E-state index contributed by atoms with van der Waals surface area (Å²) in [6, 6.07) is 35.8. The zero-order valence-corrected chi connectivity index (χ0v) is 24.2. The number of hydrogen-bond donors (Lipinski definition) is 1. The van der Waals surface area contributed by atoms with Gasteiger partial charge in [-0.25, -0.2) is 0 Å². The van der Waals surface area contributed by atoms with Crippen molar-refractivity contribution in [1.29, 1.82) is 0 Å². The smallest absolute Gasteiger partial charge is 0.0538 e.